The molecule has 0 atom stereocenters. The van der Waals surface area contributed by atoms with Gasteiger partial charge in [-0.3, -0.25) is 9.52 Å². The first-order valence-corrected chi connectivity index (χ1v) is 10.3. The maximum atomic E-state index is 13.0. The lowest BCUT2D eigenvalue weighted by molar-refractivity contribution is -0.116. The zero-order chi connectivity index (χ0) is 19.8. The first-order valence-electron chi connectivity index (χ1n) is 8.82. The minimum Gasteiger partial charge on any atom is -0.495 e. The average Bonchev–Trinajstić information content (AvgIpc) is 2.62. The zero-order valence-electron chi connectivity index (χ0n) is 16.0. The fraction of sp³-hybridized carbons (Fsp3) is 0.350. The highest BCUT2D eigenvalue weighted by Gasteiger charge is 2.24. The molecule has 2 aromatic rings. The van der Waals surface area contributed by atoms with E-state index in [0.717, 1.165) is 35.2 Å². The summed E-state index contributed by atoms with van der Waals surface area (Å²) >= 11 is 0. The number of rotatable bonds is 4. The monoisotopic (exact) mass is 388 g/mol. The van der Waals surface area contributed by atoms with Crippen molar-refractivity contribution in [1.82, 2.24) is 0 Å². The van der Waals surface area contributed by atoms with Crippen molar-refractivity contribution in [1.29, 1.82) is 0 Å². The van der Waals surface area contributed by atoms with Crippen LogP contribution in [-0.2, 0) is 21.2 Å². The van der Waals surface area contributed by atoms with Crippen LogP contribution in [0.3, 0.4) is 0 Å². The molecule has 0 spiro atoms. The quantitative estimate of drug-likeness (QED) is 0.871. The SMILES string of the molecule is COc1cc(C)c(C)cc1S(=O)(=O)Nc1ccc2c(c1)N(C(C)=O)CCC2. The molecular weight excluding hydrogens is 364 g/mol. The van der Waals surface area contributed by atoms with Crippen molar-refractivity contribution in [3.63, 3.8) is 0 Å². The molecule has 0 unspecified atom stereocenters. The lowest BCUT2D eigenvalue weighted by Crippen LogP contribution is -2.33. The molecule has 0 bridgehead atoms. The first kappa shape index (κ1) is 19.2. The number of hydrogen-bond donors (Lipinski definition) is 1. The number of carbonyl (C=O) groups is 1. The van der Waals surface area contributed by atoms with E-state index in [4.69, 9.17) is 4.74 Å². The minimum absolute atomic E-state index is 0.0493. The summed E-state index contributed by atoms with van der Waals surface area (Å²) in [4.78, 5) is 13.7. The maximum absolute atomic E-state index is 13.0. The Kier molecular flexibility index (Phi) is 5.15. The molecule has 1 N–H and O–H groups in total. The second-order valence-electron chi connectivity index (χ2n) is 6.81. The maximum Gasteiger partial charge on any atom is 0.265 e. The summed E-state index contributed by atoms with van der Waals surface area (Å²) in [7, 11) is -2.39. The lowest BCUT2D eigenvalue weighted by Gasteiger charge is -2.29. The summed E-state index contributed by atoms with van der Waals surface area (Å²) in [6, 6.07) is 8.65. The number of amides is 1. The predicted octanol–water partition coefficient (Wildman–Crippen LogP) is 3.41. The molecule has 0 fully saturated rings. The van der Waals surface area contributed by atoms with Gasteiger partial charge >= 0.3 is 0 Å². The number of carbonyl (C=O) groups excluding carboxylic acids is 1. The molecular formula is C20H24N2O4S. The van der Waals surface area contributed by atoms with E-state index in [-0.39, 0.29) is 10.8 Å². The highest BCUT2D eigenvalue weighted by Crippen LogP contribution is 2.33. The summed E-state index contributed by atoms with van der Waals surface area (Å²) < 4.78 is 33.8. The number of hydrogen-bond acceptors (Lipinski definition) is 4. The van der Waals surface area contributed by atoms with Crippen molar-refractivity contribution in [3.8, 4) is 5.75 Å². The number of nitrogens with one attached hydrogen (secondary N) is 1. The van der Waals surface area contributed by atoms with Gasteiger partial charge in [0, 0.05) is 19.2 Å². The second-order valence-corrected chi connectivity index (χ2v) is 8.46. The Hall–Kier alpha value is -2.54. The van der Waals surface area contributed by atoms with Crippen LogP contribution in [0.4, 0.5) is 11.4 Å². The van der Waals surface area contributed by atoms with Crippen LogP contribution in [0.15, 0.2) is 35.2 Å². The molecule has 0 saturated carbocycles. The summed E-state index contributed by atoms with van der Waals surface area (Å²) in [6.07, 6.45) is 1.77. The topological polar surface area (TPSA) is 75.7 Å². The molecule has 0 aliphatic carbocycles. The Balaban J connectivity index is 1.99. The Morgan fingerprint density at radius 2 is 1.85 bits per heavy atom. The van der Waals surface area contributed by atoms with Crippen LogP contribution >= 0.6 is 0 Å². The van der Waals surface area contributed by atoms with Gasteiger partial charge in [0.15, 0.2) is 0 Å². The van der Waals surface area contributed by atoms with Gasteiger partial charge in [-0.25, -0.2) is 8.42 Å². The number of sulfonamides is 1. The summed E-state index contributed by atoms with van der Waals surface area (Å²) in [6.45, 7) is 5.92. The van der Waals surface area contributed by atoms with Crippen molar-refractivity contribution in [2.45, 2.75) is 38.5 Å². The molecule has 0 radical (unpaired) electrons. The van der Waals surface area contributed by atoms with E-state index in [0.29, 0.717) is 18.0 Å². The number of benzene rings is 2. The van der Waals surface area contributed by atoms with E-state index in [1.807, 2.05) is 19.9 Å². The van der Waals surface area contributed by atoms with Crippen LogP contribution in [0.25, 0.3) is 0 Å². The minimum atomic E-state index is -3.84. The van der Waals surface area contributed by atoms with Gasteiger partial charge in [-0.05, 0) is 67.6 Å². The van der Waals surface area contributed by atoms with Crippen molar-refractivity contribution < 1.29 is 17.9 Å². The van der Waals surface area contributed by atoms with Gasteiger partial charge in [0.05, 0.1) is 12.8 Å². The second kappa shape index (κ2) is 7.23. The number of methoxy groups -OCH3 is 1. The highest BCUT2D eigenvalue weighted by atomic mass is 32.2. The summed E-state index contributed by atoms with van der Waals surface area (Å²) in [5.74, 6) is 0.251. The number of nitrogens with zero attached hydrogens (tertiary/aromatic N) is 1. The molecule has 6 nitrogen and oxygen atoms in total. The normalized spacial score (nSPS) is 13.9. The Morgan fingerprint density at radius 3 is 2.52 bits per heavy atom. The van der Waals surface area contributed by atoms with E-state index < -0.39 is 10.0 Å². The van der Waals surface area contributed by atoms with Crippen LogP contribution in [0.1, 0.15) is 30.0 Å². The molecule has 7 heteroatoms. The summed E-state index contributed by atoms with van der Waals surface area (Å²) in [5.41, 5.74) is 4.05. The van der Waals surface area contributed by atoms with E-state index in [1.54, 1.807) is 29.2 Å². The van der Waals surface area contributed by atoms with E-state index in [1.165, 1.54) is 14.0 Å². The standard InChI is InChI=1S/C20H24N2O4S/c1-13-10-19(26-4)20(11-14(13)2)27(24,25)21-17-8-7-16-6-5-9-22(15(3)23)18(16)12-17/h7-8,10-12,21H,5-6,9H2,1-4H3. The molecule has 1 heterocycles. The molecule has 27 heavy (non-hydrogen) atoms. The molecule has 2 aromatic carbocycles. The molecule has 3 rings (SSSR count). The highest BCUT2D eigenvalue weighted by molar-refractivity contribution is 7.92. The van der Waals surface area contributed by atoms with Crippen LogP contribution in [0, 0.1) is 13.8 Å². The average molecular weight is 388 g/mol. The number of ether oxygens (including phenoxy) is 1. The summed E-state index contributed by atoms with van der Waals surface area (Å²) in [5, 5.41) is 0. The van der Waals surface area contributed by atoms with Gasteiger partial charge in [0.2, 0.25) is 5.91 Å². The predicted molar refractivity (Wildman–Crippen MR) is 106 cm³/mol. The molecule has 0 aromatic heterocycles. The van der Waals surface area contributed by atoms with Crippen LogP contribution in [0.5, 0.6) is 5.75 Å². The van der Waals surface area contributed by atoms with Crippen LogP contribution in [-0.4, -0.2) is 28.0 Å². The van der Waals surface area contributed by atoms with Gasteiger partial charge < -0.3 is 9.64 Å². The smallest absolute Gasteiger partial charge is 0.265 e. The van der Waals surface area contributed by atoms with Crippen LogP contribution in [0.2, 0.25) is 0 Å². The third-order valence-corrected chi connectivity index (χ3v) is 6.31. The molecule has 1 aliphatic rings. The van der Waals surface area contributed by atoms with Gasteiger partial charge in [-0.2, -0.15) is 0 Å². The van der Waals surface area contributed by atoms with Gasteiger partial charge in [-0.15, -0.1) is 0 Å². The van der Waals surface area contributed by atoms with E-state index >= 15 is 0 Å². The Bertz CT molecular complexity index is 999. The number of aryl methyl sites for hydroxylation is 3. The Morgan fingerprint density at radius 1 is 1.15 bits per heavy atom. The van der Waals surface area contributed by atoms with Crippen molar-refractivity contribution >= 4 is 27.3 Å². The van der Waals surface area contributed by atoms with Crippen LogP contribution < -0.4 is 14.4 Å². The molecule has 1 amide bonds. The number of anilines is 2. The van der Waals surface area contributed by atoms with Crippen molar-refractivity contribution in [2.24, 2.45) is 0 Å². The van der Waals surface area contributed by atoms with E-state index in [9.17, 15) is 13.2 Å². The molecule has 1 aliphatic heterocycles. The fourth-order valence-corrected chi connectivity index (χ4v) is 4.59. The lowest BCUT2D eigenvalue weighted by atomic mass is 10.0. The van der Waals surface area contributed by atoms with Crippen molar-refractivity contribution in [3.05, 3.63) is 47.0 Å². The molecule has 144 valence electrons. The fourth-order valence-electron chi connectivity index (χ4n) is 3.31. The van der Waals surface area contributed by atoms with Crippen molar-refractivity contribution in [2.75, 3.05) is 23.3 Å². The van der Waals surface area contributed by atoms with Gasteiger partial charge in [0.25, 0.3) is 10.0 Å². The largest absolute Gasteiger partial charge is 0.495 e. The third kappa shape index (κ3) is 3.78. The first-order chi connectivity index (χ1) is 12.7. The Labute approximate surface area is 160 Å². The van der Waals surface area contributed by atoms with E-state index in [2.05, 4.69) is 4.72 Å². The van der Waals surface area contributed by atoms with Gasteiger partial charge in [-0.1, -0.05) is 6.07 Å². The molecule has 0 saturated heterocycles. The van der Waals surface area contributed by atoms with Gasteiger partial charge in [0.1, 0.15) is 10.6 Å². The zero-order valence-corrected chi connectivity index (χ0v) is 16.8. The number of fused-ring (bicyclic) bond motifs is 1. The third-order valence-electron chi connectivity index (χ3n) is 4.91.